The fourth-order valence-corrected chi connectivity index (χ4v) is 2.04. The van der Waals surface area contributed by atoms with Gasteiger partial charge in [0.15, 0.2) is 5.13 Å². The molecule has 0 spiro atoms. The van der Waals surface area contributed by atoms with Crippen molar-refractivity contribution in [1.82, 2.24) is 15.3 Å². The maximum Gasteiger partial charge on any atom is 0.326 e. The fourth-order valence-electron chi connectivity index (χ4n) is 1.52. The van der Waals surface area contributed by atoms with E-state index in [1.54, 1.807) is 37.0 Å². The largest absolute Gasteiger partial charge is 0.326 e. The second-order valence-electron chi connectivity index (χ2n) is 4.03. The van der Waals surface area contributed by atoms with Crippen LogP contribution in [0.2, 0.25) is 0 Å². The van der Waals surface area contributed by atoms with Gasteiger partial charge in [0.05, 0.1) is 0 Å². The molecule has 2 amide bonds. The molecule has 6 nitrogen and oxygen atoms in total. The number of thiazole rings is 1. The molecule has 0 unspecified atom stereocenters. The van der Waals surface area contributed by atoms with Crippen LogP contribution in [0, 0.1) is 0 Å². The van der Waals surface area contributed by atoms with Crippen LogP contribution < -0.4 is 10.6 Å². The van der Waals surface area contributed by atoms with E-state index < -0.39 is 0 Å². The number of carbonyl (C=O) groups excluding carboxylic acids is 1. The average molecular weight is 301 g/mol. The van der Waals surface area contributed by atoms with Crippen LogP contribution in [0.1, 0.15) is 19.4 Å². The quantitative estimate of drug-likeness (QED) is 0.852. The Morgan fingerprint density at radius 1 is 1.43 bits per heavy atom. The van der Waals surface area contributed by atoms with E-state index in [-0.39, 0.29) is 6.03 Å². The molecule has 0 aliphatic heterocycles. The van der Waals surface area contributed by atoms with Gasteiger partial charge in [-0.2, -0.15) is 0 Å². The number of aliphatic imine (C=N–C) groups is 1. The molecule has 0 bridgehead atoms. The summed E-state index contributed by atoms with van der Waals surface area (Å²) >= 11 is 1.35. The number of allylic oxidation sites excluding steroid dienone is 1. The minimum Gasteiger partial charge on any atom is -0.292 e. The zero-order valence-electron chi connectivity index (χ0n) is 11.7. The second-order valence-corrected chi connectivity index (χ2v) is 4.92. The molecule has 0 fully saturated rings. The van der Waals surface area contributed by atoms with E-state index >= 15 is 0 Å². The SMILES string of the molecule is C/C=C(\N=C(/C)c1cccnc1)NC(=O)Nc1nccs1. The molecule has 0 atom stereocenters. The van der Waals surface area contributed by atoms with Gasteiger partial charge in [0, 0.05) is 35.2 Å². The van der Waals surface area contributed by atoms with E-state index in [1.165, 1.54) is 11.3 Å². The minimum absolute atomic E-state index is 0.374. The predicted molar refractivity (Wildman–Crippen MR) is 84.5 cm³/mol. The Hall–Kier alpha value is -2.54. The molecule has 7 heteroatoms. The minimum atomic E-state index is -0.374. The van der Waals surface area contributed by atoms with Crippen LogP contribution >= 0.6 is 11.3 Å². The maximum atomic E-state index is 11.8. The van der Waals surface area contributed by atoms with Gasteiger partial charge in [-0.1, -0.05) is 6.07 Å². The summed E-state index contributed by atoms with van der Waals surface area (Å²) in [6.07, 6.45) is 6.78. The highest BCUT2D eigenvalue weighted by molar-refractivity contribution is 7.13. The van der Waals surface area contributed by atoms with Crippen LogP contribution in [0.3, 0.4) is 0 Å². The summed E-state index contributed by atoms with van der Waals surface area (Å²) in [5.74, 6) is 0.463. The monoisotopic (exact) mass is 301 g/mol. The molecule has 2 aromatic rings. The Bertz CT molecular complexity index is 649. The Kier molecular flexibility index (Phi) is 5.16. The number of carbonyl (C=O) groups is 1. The lowest BCUT2D eigenvalue weighted by Gasteiger charge is -2.07. The first-order chi connectivity index (χ1) is 10.2. The highest BCUT2D eigenvalue weighted by Crippen LogP contribution is 2.10. The summed E-state index contributed by atoms with van der Waals surface area (Å²) in [5.41, 5.74) is 1.67. The van der Waals surface area contributed by atoms with Crippen LogP contribution in [0.5, 0.6) is 0 Å². The van der Waals surface area contributed by atoms with Gasteiger partial charge in [-0.05, 0) is 26.0 Å². The Balaban J connectivity index is 2.02. The van der Waals surface area contributed by atoms with E-state index in [0.717, 1.165) is 11.3 Å². The molecule has 0 saturated carbocycles. The van der Waals surface area contributed by atoms with E-state index in [9.17, 15) is 4.79 Å². The van der Waals surface area contributed by atoms with E-state index in [2.05, 4.69) is 25.6 Å². The molecule has 0 saturated heterocycles. The summed E-state index contributed by atoms with van der Waals surface area (Å²) in [6, 6.07) is 3.38. The lowest BCUT2D eigenvalue weighted by atomic mass is 10.2. The summed E-state index contributed by atoms with van der Waals surface area (Å²) < 4.78 is 0. The average Bonchev–Trinajstić information content (AvgIpc) is 3.00. The lowest BCUT2D eigenvalue weighted by molar-refractivity contribution is 0.254. The van der Waals surface area contributed by atoms with Crippen molar-refractivity contribution >= 4 is 28.2 Å². The van der Waals surface area contributed by atoms with Crippen molar-refractivity contribution in [3.05, 3.63) is 53.6 Å². The van der Waals surface area contributed by atoms with Crippen LogP contribution in [0.15, 0.2) is 53.0 Å². The number of nitrogens with one attached hydrogen (secondary N) is 2. The maximum absolute atomic E-state index is 11.8. The molecule has 2 N–H and O–H groups in total. The van der Waals surface area contributed by atoms with Crippen LogP contribution in [-0.2, 0) is 0 Å². The van der Waals surface area contributed by atoms with Gasteiger partial charge in [-0.3, -0.25) is 15.6 Å². The van der Waals surface area contributed by atoms with Crippen molar-refractivity contribution in [2.45, 2.75) is 13.8 Å². The summed E-state index contributed by atoms with van der Waals surface area (Å²) in [7, 11) is 0. The third kappa shape index (κ3) is 4.50. The third-order valence-electron chi connectivity index (χ3n) is 2.54. The van der Waals surface area contributed by atoms with Gasteiger partial charge in [0.25, 0.3) is 0 Å². The normalized spacial score (nSPS) is 12.1. The number of urea groups is 1. The Morgan fingerprint density at radius 2 is 2.29 bits per heavy atom. The molecule has 21 heavy (non-hydrogen) atoms. The number of nitrogens with zero attached hydrogens (tertiary/aromatic N) is 3. The highest BCUT2D eigenvalue weighted by Gasteiger charge is 2.06. The van der Waals surface area contributed by atoms with Crippen LogP contribution in [-0.4, -0.2) is 21.7 Å². The highest BCUT2D eigenvalue weighted by atomic mass is 32.1. The number of aromatic nitrogens is 2. The number of rotatable bonds is 4. The number of pyridine rings is 1. The molecule has 2 rings (SSSR count). The van der Waals surface area contributed by atoms with E-state index in [1.807, 2.05) is 19.1 Å². The molecular formula is C14H15N5OS. The van der Waals surface area contributed by atoms with Gasteiger partial charge >= 0.3 is 6.03 Å². The van der Waals surface area contributed by atoms with Crippen LogP contribution in [0.25, 0.3) is 0 Å². The van der Waals surface area contributed by atoms with Crippen molar-refractivity contribution in [2.75, 3.05) is 5.32 Å². The molecule has 2 heterocycles. The molecule has 0 aliphatic rings. The molecule has 0 radical (unpaired) electrons. The van der Waals surface area contributed by atoms with Crippen molar-refractivity contribution in [2.24, 2.45) is 4.99 Å². The number of anilines is 1. The zero-order valence-corrected chi connectivity index (χ0v) is 12.5. The number of hydrogen-bond donors (Lipinski definition) is 2. The van der Waals surface area contributed by atoms with Crippen LogP contribution in [0.4, 0.5) is 9.93 Å². The van der Waals surface area contributed by atoms with E-state index in [4.69, 9.17) is 0 Å². The van der Waals surface area contributed by atoms with Crippen molar-refractivity contribution in [3.63, 3.8) is 0 Å². The standard InChI is InChI=1S/C14H15N5OS/c1-3-12(17-10(2)11-5-4-6-15-9-11)18-13(20)19-14-16-7-8-21-14/h3-9H,1-2H3,(H2,16,18,19,20)/b12-3+,17-10+. The molecular weight excluding hydrogens is 286 g/mol. The summed E-state index contributed by atoms with van der Waals surface area (Å²) in [4.78, 5) is 24.2. The molecule has 2 aromatic heterocycles. The van der Waals surface area contributed by atoms with Gasteiger partial charge in [-0.15, -0.1) is 11.3 Å². The number of hydrogen-bond acceptors (Lipinski definition) is 5. The van der Waals surface area contributed by atoms with Crippen molar-refractivity contribution in [3.8, 4) is 0 Å². The Morgan fingerprint density at radius 3 is 2.90 bits per heavy atom. The topological polar surface area (TPSA) is 79.3 Å². The van der Waals surface area contributed by atoms with Crippen molar-refractivity contribution < 1.29 is 4.79 Å². The van der Waals surface area contributed by atoms with Gasteiger partial charge < -0.3 is 0 Å². The van der Waals surface area contributed by atoms with Gasteiger partial charge in [-0.25, -0.2) is 14.8 Å². The summed E-state index contributed by atoms with van der Waals surface area (Å²) in [6.45, 7) is 3.67. The lowest BCUT2D eigenvalue weighted by Crippen LogP contribution is -2.27. The smallest absolute Gasteiger partial charge is 0.292 e. The number of amides is 2. The zero-order chi connectivity index (χ0) is 15.1. The third-order valence-corrected chi connectivity index (χ3v) is 3.22. The Labute approximate surface area is 126 Å². The first kappa shape index (κ1) is 14.9. The molecule has 0 aliphatic carbocycles. The van der Waals surface area contributed by atoms with E-state index in [0.29, 0.717) is 11.0 Å². The molecule has 0 aromatic carbocycles. The predicted octanol–water partition coefficient (Wildman–Crippen LogP) is 3.03. The second kappa shape index (κ2) is 7.30. The summed E-state index contributed by atoms with van der Waals surface area (Å²) in [5, 5.41) is 7.64. The van der Waals surface area contributed by atoms with Gasteiger partial charge in [0.2, 0.25) is 0 Å². The first-order valence-corrected chi connectivity index (χ1v) is 7.16. The van der Waals surface area contributed by atoms with Crippen molar-refractivity contribution in [1.29, 1.82) is 0 Å². The molecule has 108 valence electrons. The van der Waals surface area contributed by atoms with Gasteiger partial charge in [0.1, 0.15) is 5.82 Å². The fraction of sp³-hybridized carbons (Fsp3) is 0.143. The first-order valence-electron chi connectivity index (χ1n) is 6.28.